The second-order valence-corrected chi connectivity index (χ2v) is 2.39. The van der Waals surface area contributed by atoms with E-state index in [0.717, 1.165) is 0 Å². The van der Waals surface area contributed by atoms with Gasteiger partial charge in [0.25, 0.3) is 0 Å². The van der Waals surface area contributed by atoms with Gasteiger partial charge in [-0.25, -0.2) is 14.9 Å². The summed E-state index contributed by atoms with van der Waals surface area (Å²) in [7, 11) is 0. The molecule has 0 spiro atoms. The van der Waals surface area contributed by atoms with Crippen molar-refractivity contribution in [2.75, 3.05) is 6.54 Å². The van der Waals surface area contributed by atoms with Crippen LogP contribution in [0.2, 0.25) is 0 Å². The first kappa shape index (κ1) is 10.7. The predicted molar refractivity (Wildman–Crippen MR) is 41.0 cm³/mol. The lowest BCUT2D eigenvalue weighted by Crippen LogP contribution is -2.37. The summed E-state index contributed by atoms with van der Waals surface area (Å²) in [6.07, 6.45) is -1.26. The molecule has 0 aromatic heterocycles. The van der Waals surface area contributed by atoms with E-state index in [0.29, 0.717) is 5.01 Å². The highest BCUT2D eigenvalue weighted by Gasteiger charge is 2.24. The van der Waals surface area contributed by atoms with Crippen LogP contribution in [0.4, 0.5) is 4.79 Å². The molecule has 0 saturated carbocycles. The molecule has 0 unspecified atom stereocenters. The third-order valence-electron chi connectivity index (χ3n) is 1.04. The summed E-state index contributed by atoms with van der Waals surface area (Å²) in [5.74, 6) is 0. The quantitative estimate of drug-likeness (QED) is 0.475. The number of hydrogen-bond acceptors (Lipinski definition) is 4. The first-order chi connectivity index (χ1) is 5.49. The van der Waals surface area contributed by atoms with Gasteiger partial charge in [-0.3, -0.25) is 0 Å². The molecule has 0 rings (SSSR count). The maximum Gasteiger partial charge on any atom is 0.468 e. The number of hydrogen-bond donors (Lipinski definition) is 0. The molecule has 0 atom stereocenters. The summed E-state index contributed by atoms with van der Waals surface area (Å²) in [4.78, 5) is 21.1. The average molecular weight is 176 g/mol. The molecule has 0 heterocycles. The first-order valence-corrected chi connectivity index (χ1v) is 3.61. The Labute approximate surface area is 70.2 Å². The zero-order valence-electron chi connectivity index (χ0n) is 7.31. The molecule has 12 heavy (non-hydrogen) atoms. The molecule has 70 valence electrons. The van der Waals surface area contributed by atoms with Gasteiger partial charge in [-0.2, -0.15) is 0 Å². The number of carbonyl (C=O) groups excluding carboxylic acids is 1. The van der Waals surface area contributed by atoms with E-state index >= 15 is 0 Å². The summed E-state index contributed by atoms with van der Waals surface area (Å²) < 4.78 is 4.61. The number of nitro groups is 1. The molecule has 0 aliphatic carbocycles. The standard InChI is InChI=1S/C6H12N2O4/c1-4-7(8(10)11)6(9)12-5(2)3/h5H,4H2,1-3H3. The van der Waals surface area contributed by atoms with Crippen LogP contribution in [0.3, 0.4) is 0 Å². The summed E-state index contributed by atoms with van der Waals surface area (Å²) in [6, 6.07) is 0. The van der Waals surface area contributed by atoms with E-state index in [4.69, 9.17) is 0 Å². The zero-order chi connectivity index (χ0) is 9.72. The van der Waals surface area contributed by atoms with E-state index in [9.17, 15) is 14.9 Å². The van der Waals surface area contributed by atoms with E-state index < -0.39 is 11.1 Å². The minimum Gasteiger partial charge on any atom is -0.443 e. The van der Waals surface area contributed by atoms with E-state index in [1.807, 2.05) is 0 Å². The smallest absolute Gasteiger partial charge is 0.443 e. The number of hydrazine groups is 1. The second-order valence-electron chi connectivity index (χ2n) is 2.39. The second kappa shape index (κ2) is 4.53. The van der Waals surface area contributed by atoms with Crippen molar-refractivity contribution in [3.05, 3.63) is 10.1 Å². The van der Waals surface area contributed by atoms with Gasteiger partial charge in [0.2, 0.25) is 0 Å². The molecule has 6 nitrogen and oxygen atoms in total. The fraction of sp³-hybridized carbons (Fsp3) is 0.833. The van der Waals surface area contributed by atoms with Crippen LogP contribution in [0.25, 0.3) is 0 Å². The third-order valence-corrected chi connectivity index (χ3v) is 1.04. The maximum atomic E-state index is 10.9. The molecule has 0 aliphatic rings. The van der Waals surface area contributed by atoms with Crippen LogP contribution in [-0.2, 0) is 4.74 Å². The number of ether oxygens (including phenoxy) is 1. The fourth-order valence-electron chi connectivity index (χ4n) is 0.574. The summed E-state index contributed by atoms with van der Waals surface area (Å²) >= 11 is 0. The Morgan fingerprint density at radius 1 is 1.67 bits per heavy atom. The summed E-state index contributed by atoms with van der Waals surface area (Å²) in [5, 5.41) is 9.81. The molecule has 0 bridgehead atoms. The van der Waals surface area contributed by atoms with Crippen LogP contribution in [0.1, 0.15) is 20.8 Å². The van der Waals surface area contributed by atoms with Crippen molar-refractivity contribution in [2.45, 2.75) is 26.9 Å². The highest BCUT2D eigenvalue weighted by Crippen LogP contribution is 1.97. The summed E-state index contributed by atoms with van der Waals surface area (Å²) in [6.45, 7) is 4.76. The Kier molecular flexibility index (Phi) is 4.03. The largest absolute Gasteiger partial charge is 0.468 e. The van der Waals surface area contributed by atoms with Gasteiger partial charge in [-0.1, -0.05) is 0 Å². The molecule has 0 fully saturated rings. The third kappa shape index (κ3) is 3.18. The molecule has 0 N–H and O–H groups in total. The highest BCUT2D eigenvalue weighted by atomic mass is 16.7. The van der Waals surface area contributed by atoms with E-state index in [1.165, 1.54) is 6.92 Å². The Hall–Kier alpha value is -1.33. The predicted octanol–water partition coefficient (Wildman–Crippen LogP) is 1.04. The van der Waals surface area contributed by atoms with Gasteiger partial charge >= 0.3 is 6.09 Å². The van der Waals surface area contributed by atoms with Gasteiger partial charge < -0.3 is 4.74 Å². The van der Waals surface area contributed by atoms with E-state index in [1.54, 1.807) is 13.8 Å². The van der Waals surface area contributed by atoms with Gasteiger partial charge in [0, 0.05) is 0 Å². The SMILES string of the molecule is CCN(C(=O)OC(C)C)[N+](=O)[O-]. The van der Waals surface area contributed by atoms with Crippen molar-refractivity contribution < 1.29 is 14.6 Å². The molecule has 0 aromatic carbocycles. The van der Waals surface area contributed by atoms with Crippen LogP contribution >= 0.6 is 0 Å². The molecule has 0 radical (unpaired) electrons. The van der Waals surface area contributed by atoms with Gasteiger partial charge in [0.1, 0.15) is 0 Å². The van der Waals surface area contributed by atoms with Crippen LogP contribution in [0.15, 0.2) is 0 Å². The molecule has 0 aliphatic heterocycles. The number of carbonyl (C=O) groups is 1. The van der Waals surface area contributed by atoms with Gasteiger partial charge in [-0.15, -0.1) is 0 Å². The number of amides is 1. The topological polar surface area (TPSA) is 72.7 Å². The highest BCUT2D eigenvalue weighted by molar-refractivity contribution is 5.66. The van der Waals surface area contributed by atoms with Crippen LogP contribution in [0, 0.1) is 10.1 Å². The Morgan fingerprint density at radius 3 is 2.42 bits per heavy atom. The average Bonchev–Trinajstić information content (AvgIpc) is 1.85. The van der Waals surface area contributed by atoms with Crippen molar-refractivity contribution in [3.63, 3.8) is 0 Å². The molecular formula is C6H12N2O4. The Balaban J connectivity index is 4.13. The number of rotatable bonds is 3. The fourth-order valence-corrected chi connectivity index (χ4v) is 0.574. The van der Waals surface area contributed by atoms with Crippen molar-refractivity contribution in [2.24, 2.45) is 0 Å². The lowest BCUT2D eigenvalue weighted by atomic mass is 10.5. The van der Waals surface area contributed by atoms with Crippen LogP contribution in [-0.4, -0.2) is 28.8 Å². The van der Waals surface area contributed by atoms with E-state index in [-0.39, 0.29) is 12.6 Å². The van der Waals surface area contributed by atoms with Crippen LogP contribution < -0.4 is 0 Å². The van der Waals surface area contributed by atoms with Crippen molar-refractivity contribution in [1.29, 1.82) is 0 Å². The lowest BCUT2D eigenvalue weighted by Gasteiger charge is -2.12. The first-order valence-electron chi connectivity index (χ1n) is 3.61. The Morgan fingerprint density at radius 2 is 2.17 bits per heavy atom. The van der Waals surface area contributed by atoms with E-state index in [2.05, 4.69) is 4.74 Å². The van der Waals surface area contributed by atoms with Crippen molar-refractivity contribution in [1.82, 2.24) is 5.01 Å². The van der Waals surface area contributed by atoms with Crippen molar-refractivity contribution in [3.8, 4) is 0 Å². The molecule has 0 aromatic rings. The molecule has 1 amide bonds. The van der Waals surface area contributed by atoms with Gasteiger partial charge in [0.05, 0.1) is 12.6 Å². The maximum absolute atomic E-state index is 10.9. The van der Waals surface area contributed by atoms with Gasteiger partial charge in [0.15, 0.2) is 5.03 Å². The molecule has 6 heteroatoms. The van der Waals surface area contributed by atoms with Crippen LogP contribution in [0.5, 0.6) is 0 Å². The number of nitrogens with zero attached hydrogens (tertiary/aromatic N) is 2. The Bertz CT molecular complexity index is 180. The summed E-state index contributed by atoms with van der Waals surface area (Å²) in [5.41, 5.74) is 0. The monoisotopic (exact) mass is 176 g/mol. The minimum absolute atomic E-state index is 0.00144. The van der Waals surface area contributed by atoms with Crippen molar-refractivity contribution >= 4 is 6.09 Å². The normalized spacial score (nSPS) is 9.67. The molecular weight excluding hydrogens is 164 g/mol. The lowest BCUT2D eigenvalue weighted by molar-refractivity contribution is -0.634. The van der Waals surface area contributed by atoms with Gasteiger partial charge in [-0.05, 0) is 25.8 Å². The zero-order valence-corrected chi connectivity index (χ0v) is 7.31. The molecule has 0 saturated heterocycles. The minimum atomic E-state index is -0.919.